The minimum absolute atomic E-state index is 0.395. The Morgan fingerprint density at radius 3 is 2.30 bits per heavy atom. The first-order valence-corrected chi connectivity index (χ1v) is 11.6. The number of aromatic nitrogens is 2. The highest BCUT2D eigenvalue weighted by molar-refractivity contribution is 7.90. The van der Waals surface area contributed by atoms with Crippen LogP contribution in [0.3, 0.4) is 0 Å². The van der Waals surface area contributed by atoms with Crippen molar-refractivity contribution in [2.75, 3.05) is 25.9 Å². The fraction of sp³-hybridized carbons (Fsp3) is 0.550. The van der Waals surface area contributed by atoms with Crippen molar-refractivity contribution in [2.45, 2.75) is 49.8 Å². The van der Waals surface area contributed by atoms with Crippen LogP contribution < -0.4 is 0 Å². The molecule has 3 heterocycles. The lowest BCUT2D eigenvalue weighted by atomic mass is 10.1. The van der Waals surface area contributed by atoms with Gasteiger partial charge in [0.05, 0.1) is 17.1 Å². The molecule has 0 saturated carbocycles. The first-order chi connectivity index (χ1) is 12.9. The molecule has 0 radical (unpaired) electrons. The van der Waals surface area contributed by atoms with E-state index in [0.29, 0.717) is 17.0 Å². The number of benzene rings is 1. The molecule has 27 heavy (non-hydrogen) atoms. The molecule has 1 aromatic heterocycles. The van der Waals surface area contributed by atoms with Crippen molar-refractivity contribution in [3.8, 4) is 0 Å². The molecule has 0 aliphatic carbocycles. The summed E-state index contributed by atoms with van der Waals surface area (Å²) < 4.78 is 25.3. The average molecular weight is 389 g/mol. The van der Waals surface area contributed by atoms with E-state index in [1.165, 1.54) is 24.7 Å². The van der Waals surface area contributed by atoms with Crippen LogP contribution in [0.15, 0.2) is 41.4 Å². The average Bonchev–Trinajstić information content (AvgIpc) is 3.31. The largest absolute Gasteiger partial charge is 0.297 e. The normalized spacial score (nSPS) is 23.8. The summed E-state index contributed by atoms with van der Waals surface area (Å²) in [5.41, 5.74) is 2.26. The Morgan fingerprint density at radius 2 is 1.67 bits per heavy atom. The van der Waals surface area contributed by atoms with Crippen LogP contribution in [0.1, 0.15) is 24.1 Å². The zero-order chi connectivity index (χ0) is 19.0. The van der Waals surface area contributed by atoms with Gasteiger partial charge in [0.1, 0.15) is 0 Å². The summed E-state index contributed by atoms with van der Waals surface area (Å²) in [6.07, 6.45) is 5.74. The molecule has 0 unspecified atom stereocenters. The van der Waals surface area contributed by atoms with Gasteiger partial charge >= 0.3 is 0 Å². The summed E-state index contributed by atoms with van der Waals surface area (Å²) in [4.78, 5) is 5.58. The fourth-order valence-electron chi connectivity index (χ4n) is 4.53. The molecule has 2 atom stereocenters. The van der Waals surface area contributed by atoms with Gasteiger partial charge in [-0.2, -0.15) is 5.10 Å². The second kappa shape index (κ2) is 7.37. The van der Waals surface area contributed by atoms with Gasteiger partial charge in [-0.25, -0.2) is 8.42 Å². The van der Waals surface area contributed by atoms with E-state index < -0.39 is 9.84 Å². The van der Waals surface area contributed by atoms with Gasteiger partial charge in [-0.15, -0.1) is 0 Å². The van der Waals surface area contributed by atoms with E-state index >= 15 is 0 Å². The Labute approximate surface area is 161 Å². The Balaban J connectivity index is 1.34. The molecule has 0 amide bonds. The molecule has 2 aromatic rings. The van der Waals surface area contributed by atoms with Crippen molar-refractivity contribution in [1.29, 1.82) is 0 Å². The molecule has 0 bridgehead atoms. The number of likely N-dealkylation sites (tertiary alicyclic amines) is 2. The van der Waals surface area contributed by atoms with Crippen LogP contribution in [0.5, 0.6) is 0 Å². The third kappa shape index (κ3) is 4.10. The van der Waals surface area contributed by atoms with Crippen LogP contribution >= 0.6 is 0 Å². The monoisotopic (exact) mass is 388 g/mol. The van der Waals surface area contributed by atoms with Gasteiger partial charge in [-0.05, 0) is 43.5 Å². The maximum Gasteiger partial charge on any atom is 0.175 e. The summed E-state index contributed by atoms with van der Waals surface area (Å²) in [5.74, 6) is 0. The standard InChI is InChI=1S/C20H28N4O2S/c1-16-7-12-24(21-16)14-13-22-10-8-20-19(22)9-11-23(20)15-17-3-5-18(6-4-17)27(2,25)26/h3-7,12,19-20H,8-11,13-15H2,1-2H3/t19-,20-/m0/s1. The van der Waals surface area contributed by atoms with Crippen LogP contribution in [0.4, 0.5) is 0 Å². The van der Waals surface area contributed by atoms with E-state index in [0.717, 1.165) is 38.4 Å². The number of aryl methyl sites for hydroxylation is 1. The molecule has 2 saturated heterocycles. The highest BCUT2D eigenvalue weighted by Crippen LogP contribution is 2.32. The SMILES string of the molecule is Cc1ccn(CCN2CC[C@H]3[C@@H]2CCN3Cc2ccc(S(C)(=O)=O)cc2)n1. The summed E-state index contributed by atoms with van der Waals surface area (Å²) in [6.45, 7) is 7.19. The number of rotatable bonds is 6. The zero-order valence-corrected chi connectivity index (χ0v) is 16.9. The zero-order valence-electron chi connectivity index (χ0n) is 16.1. The van der Waals surface area contributed by atoms with Crippen molar-refractivity contribution in [2.24, 2.45) is 0 Å². The molecular weight excluding hydrogens is 360 g/mol. The molecule has 2 aliphatic heterocycles. The molecule has 2 fully saturated rings. The predicted molar refractivity (Wildman–Crippen MR) is 105 cm³/mol. The van der Waals surface area contributed by atoms with Gasteiger partial charge in [-0.1, -0.05) is 12.1 Å². The minimum Gasteiger partial charge on any atom is -0.297 e. The van der Waals surface area contributed by atoms with E-state index in [9.17, 15) is 8.42 Å². The van der Waals surface area contributed by atoms with Gasteiger partial charge in [0.15, 0.2) is 9.84 Å². The molecule has 0 N–H and O–H groups in total. The van der Waals surface area contributed by atoms with Gasteiger partial charge in [0.2, 0.25) is 0 Å². The maximum absolute atomic E-state index is 11.6. The van der Waals surface area contributed by atoms with Crippen LogP contribution in [0.25, 0.3) is 0 Å². The number of fused-ring (bicyclic) bond motifs is 1. The molecule has 6 nitrogen and oxygen atoms in total. The molecular formula is C20H28N4O2S. The van der Waals surface area contributed by atoms with E-state index in [1.807, 2.05) is 23.7 Å². The van der Waals surface area contributed by atoms with Crippen LogP contribution in [-0.2, 0) is 22.9 Å². The lowest BCUT2D eigenvalue weighted by Crippen LogP contribution is -2.37. The molecule has 2 aliphatic rings. The highest BCUT2D eigenvalue weighted by atomic mass is 32.2. The van der Waals surface area contributed by atoms with Crippen molar-refractivity contribution < 1.29 is 8.42 Å². The van der Waals surface area contributed by atoms with E-state index in [4.69, 9.17) is 0 Å². The van der Waals surface area contributed by atoms with Crippen LogP contribution in [0.2, 0.25) is 0 Å². The van der Waals surface area contributed by atoms with Gasteiger partial charge in [0.25, 0.3) is 0 Å². The van der Waals surface area contributed by atoms with E-state index in [2.05, 4.69) is 27.2 Å². The van der Waals surface area contributed by atoms with Gasteiger partial charge in [0, 0.05) is 50.7 Å². The van der Waals surface area contributed by atoms with Crippen molar-refractivity contribution >= 4 is 9.84 Å². The van der Waals surface area contributed by atoms with Crippen LogP contribution in [0, 0.1) is 6.92 Å². The topological polar surface area (TPSA) is 58.4 Å². The van der Waals surface area contributed by atoms with Crippen molar-refractivity contribution in [1.82, 2.24) is 19.6 Å². The van der Waals surface area contributed by atoms with E-state index in [-0.39, 0.29) is 0 Å². The van der Waals surface area contributed by atoms with Gasteiger partial charge < -0.3 is 0 Å². The van der Waals surface area contributed by atoms with Crippen molar-refractivity contribution in [3.63, 3.8) is 0 Å². The Bertz CT molecular complexity index is 891. The molecule has 4 rings (SSSR count). The third-order valence-corrected chi connectivity index (χ3v) is 7.06. The lowest BCUT2D eigenvalue weighted by Gasteiger charge is -2.25. The molecule has 0 spiro atoms. The maximum atomic E-state index is 11.6. The van der Waals surface area contributed by atoms with Gasteiger partial charge in [-0.3, -0.25) is 14.5 Å². The lowest BCUT2D eigenvalue weighted by molar-refractivity contribution is 0.211. The first kappa shape index (κ1) is 18.7. The molecule has 7 heteroatoms. The van der Waals surface area contributed by atoms with Crippen molar-refractivity contribution in [3.05, 3.63) is 47.8 Å². The highest BCUT2D eigenvalue weighted by Gasteiger charge is 2.41. The summed E-state index contributed by atoms with van der Waals surface area (Å²) in [5, 5.41) is 4.49. The third-order valence-electron chi connectivity index (χ3n) is 5.93. The summed E-state index contributed by atoms with van der Waals surface area (Å²) >= 11 is 0. The Kier molecular flexibility index (Phi) is 5.09. The number of hydrogen-bond donors (Lipinski definition) is 0. The quantitative estimate of drug-likeness (QED) is 0.757. The van der Waals surface area contributed by atoms with Crippen LogP contribution in [-0.4, -0.2) is 66.0 Å². The molecule has 1 aromatic carbocycles. The smallest absolute Gasteiger partial charge is 0.175 e. The second-order valence-electron chi connectivity index (χ2n) is 7.85. The Hall–Kier alpha value is -1.70. The predicted octanol–water partition coefficient (Wildman–Crippen LogP) is 1.94. The Morgan fingerprint density at radius 1 is 1.00 bits per heavy atom. The molecule has 146 valence electrons. The minimum atomic E-state index is -3.12. The number of hydrogen-bond acceptors (Lipinski definition) is 5. The number of sulfone groups is 1. The fourth-order valence-corrected chi connectivity index (χ4v) is 5.16. The van der Waals surface area contributed by atoms with E-state index in [1.54, 1.807) is 12.1 Å². The summed E-state index contributed by atoms with van der Waals surface area (Å²) in [7, 11) is -3.12. The second-order valence-corrected chi connectivity index (χ2v) is 9.87. The first-order valence-electron chi connectivity index (χ1n) is 9.67. The summed E-state index contributed by atoms with van der Waals surface area (Å²) in [6, 6.07) is 10.7. The number of nitrogens with zero attached hydrogens (tertiary/aromatic N) is 4.